The summed E-state index contributed by atoms with van der Waals surface area (Å²) < 4.78 is 5.21. The summed E-state index contributed by atoms with van der Waals surface area (Å²) in [7, 11) is 1.59. The molecule has 33 heavy (non-hydrogen) atoms. The zero-order chi connectivity index (χ0) is 23.7. The van der Waals surface area contributed by atoms with E-state index in [0.29, 0.717) is 27.8 Å². The quantitative estimate of drug-likeness (QED) is 0.424. The maximum atomic E-state index is 13.5. The fourth-order valence-electron chi connectivity index (χ4n) is 4.41. The first-order chi connectivity index (χ1) is 15.8. The summed E-state index contributed by atoms with van der Waals surface area (Å²) in [5.41, 5.74) is 2.87. The summed E-state index contributed by atoms with van der Waals surface area (Å²) in [6, 6.07) is 19.2. The molecule has 0 unspecified atom stereocenters. The van der Waals surface area contributed by atoms with Crippen LogP contribution in [0.1, 0.15) is 42.2 Å². The van der Waals surface area contributed by atoms with Crippen LogP contribution in [0.15, 0.2) is 66.7 Å². The number of amides is 2. The predicted octanol–water partition coefficient (Wildman–Crippen LogP) is 6.54. The number of nitrogens with zero attached hydrogens (tertiary/aromatic N) is 2. The van der Waals surface area contributed by atoms with Crippen LogP contribution >= 0.6 is 23.2 Å². The Morgan fingerprint density at radius 2 is 1.61 bits per heavy atom. The van der Waals surface area contributed by atoms with Crippen LogP contribution in [0.2, 0.25) is 10.0 Å². The molecule has 0 N–H and O–H groups in total. The molecule has 7 heteroatoms. The standard InChI is InChI=1S/C26H24Cl2N2O3/c1-16-14-25(30(17(2)31)21-9-6-19(27)7-10-21)23-15-20(28)8-13-24(23)29(16)26(32)18-4-11-22(33-3)12-5-18/h4-13,15-16,25H,14H2,1-3H3/t16-,25+/m0/s1. The van der Waals surface area contributed by atoms with E-state index in [-0.39, 0.29) is 23.9 Å². The molecule has 0 radical (unpaired) electrons. The van der Waals surface area contributed by atoms with Gasteiger partial charge in [0.2, 0.25) is 5.91 Å². The van der Waals surface area contributed by atoms with Crippen molar-refractivity contribution >= 4 is 46.4 Å². The van der Waals surface area contributed by atoms with Crippen molar-refractivity contribution in [1.29, 1.82) is 0 Å². The van der Waals surface area contributed by atoms with Crippen LogP contribution < -0.4 is 14.5 Å². The van der Waals surface area contributed by atoms with Crippen LogP contribution in [0.5, 0.6) is 5.75 Å². The van der Waals surface area contributed by atoms with Gasteiger partial charge in [0.1, 0.15) is 5.75 Å². The first-order valence-corrected chi connectivity index (χ1v) is 11.4. The smallest absolute Gasteiger partial charge is 0.258 e. The molecule has 0 aromatic heterocycles. The van der Waals surface area contributed by atoms with Gasteiger partial charge in [-0.1, -0.05) is 23.2 Å². The van der Waals surface area contributed by atoms with Crippen LogP contribution in [-0.2, 0) is 4.79 Å². The van der Waals surface area contributed by atoms with Crippen molar-refractivity contribution in [3.63, 3.8) is 0 Å². The molecule has 3 aromatic rings. The summed E-state index contributed by atoms with van der Waals surface area (Å²) in [6.45, 7) is 3.53. The molecule has 3 aromatic carbocycles. The summed E-state index contributed by atoms with van der Waals surface area (Å²) in [5.74, 6) is 0.467. The Morgan fingerprint density at radius 1 is 0.970 bits per heavy atom. The van der Waals surface area contributed by atoms with Crippen molar-refractivity contribution in [3.8, 4) is 5.75 Å². The first kappa shape index (κ1) is 23.1. The Balaban J connectivity index is 1.78. The number of rotatable bonds is 4. The largest absolute Gasteiger partial charge is 0.497 e. The van der Waals surface area contributed by atoms with Gasteiger partial charge < -0.3 is 14.5 Å². The summed E-state index contributed by atoms with van der Waals surface area (Å²) in [5, 5.41) is 1.14. The number of hydrogen-bond donors (Lipinski definition) is 0. The Bertz CT molecular complexity index is 1180. The van der Waals surface area contributed by atoms with E-state index in [0.717, 1.165) is 16.9 Å². The fourth-order valence-corrected chi connectivity index (χ4v) is 4.72. The minimum absolute atomic E-state index is 0.102. The maximum absolute atomic E-state index is 13.5. The second-order valence-electron chi connectivity index (χ2n) is 8.07. The molecule has 1 aliphatic rings. The molecule has 2 amide bonds. The molecule has 2 atom stereocenters. The number of ether oxygens (including phenoxy) is 1. The van der Waals surface area contributed by atoms with Crippen molar-refractivity contribution < 1.29 is 14.3 Å². The van der Waals surface area contributed by atoms with Gasteiger partial charge >= 0.3 is 0 Å². The van der Waals surface area contributed by atoms with E-state index in [1.165, 1.54) is 0 Å². The highest BCUT2D eigenvalue weighted by molar-refractivity contribution is 6.31. The van der Waals surface area contributed by atoms with Crippen molar-refractivity contribution in [2.75, 3.05) is 16.9 Å². The van der Waals surface area contributed by atoms with Gasteiger partial charge in [0.15, 0.2) is 0 Å². The highest BCUT2D eigenvalue weighted by atomic mass is 35.5. The van der Waals surface area contributed by atoms with Crippen LogP contribution in [-0.4, -0.2) is 25.0 Å². The molecular formula is C26H24Cl2N2O3. The zero-order valence-corrected chi connectivity index (χ0v) is 20.1. The third-order valence-electron chi connectivity index (χ3n) is 5.92. The normalized spacial score (nSPS) is 17.3. The lowest BCUT2D eigenvalue weighted by Crippen LogP contribution is -2.47. The Labute approximate surface area is 203 Å². The maximum Gasteiger partial charge on any atom is 0.258 e. The molecule has 4 rings (SSSR count). The number of carbonyl (C=O) groups excluding carboxylic acids is 2. The summed E-state index contributed by atoms with van der Waals surface area (Å²) in [6.07, 6.45) is 0.553. The lowest BCUT2D eigenvalue weighted by molar-refractivity contribution is -0.117. The molecule has 0 spiro atoms. The Kier molecular flexibility index (Phi) is 6.63. The van der Waals surface area contributed by atoms with Gasteiger partial charge in [-0.2, -0.15) is 0 Å². The van der Waals surface area contributed by atoms with Crippen molar-refractivity contribution in [2.24, 2.45) is 0 Å². The number of hydrogen-bond acceptors (Lipinski definition) is 3. The molecule has 0 fully saturated rings. The van der Waals surface area contributed by atoms with Crippen molar-refractivity contribution in [1.82, 2.24) is 0 Å². The van der Waals surface area contributed by atoms with E-state index in [4.69, 9.17) is 27.9 Å². The number of benzene rings is 3. The summed E-state index contributed by atoms with van der Waals surface area (Å²) >= 11 is 12.4. The second-order valence-corrected chi connectivity index (χ2v) is 8.95. The van der Waals surface area contributed by atoms with E-state index in [9.17, 15) is 9.59 Å². The molecule has 5 nitrogen and oxygen atoms in total. The van der Waals surface area contributed by atoms with Gasteiger partial charge in [0.25, 0.3) is 5.91 Å². The van der Waals surface area contributed by atoms with Crippen LogP contribution in [0.3, 0.4) is 0 Å². The highest BCUT2D eigenvalue weighted by Gasteiger charge is 2.38. The lowest BCUT2D eigenvalue weighted by atomic mass is 9.89. The Hall–Kier alpha value is -3.02. The molecule has 0 aliphatic carbocycles. The van der Waals surface area contributed by atoms with Crippen LogP contribution in [0.4, 0.5) is 11.4 Å². The highest BCUT2D eigenvalue weighted by Crippen LogP contribution is 2.44. The van der Waals surface area contributed by atoms with Gasteiger partial charge in [-0.3, -0.25) is 9.59 Å². The summed E-state index contributed by atoms with van der Waals surface area (Å²) in [4.78, 5) is 29.9. The third-order valence-corrected chi connectivity index (χ3v) is 6.41. The Morgan fingerprint density at radius 3 is 2.21 bits per heavy atom. The van der Waals surface area contributed by atoms with Gasteiger partial charge in [0.05, 0.1) is 13.2 Å². The van der Waals surface area contributed by atoms with Crippen LogP contribution in [0, 0.1) is 0 Å². The molecule has 170 valence electrons. The van der Waals surface area contributed by atoms with E-state index in [2.05, 4.69) is 0 Å². The number of methoxy groups -OCH3 is 1. The van der Waals surface area contributed by atoms with Crippen molar-refractivity contribution in [2.45, 2.75) is 32.4 Å². The number of anilines is 2. The molecule has 0 bridgehead atoms. The minimum atomic E-state index is -0.285. The number of fused-ring (bicyclic) bond motifs is 1. The van der Waals surface area contributed by atoms with Gasteiger partial charge in [0, 0.05) is 45.5 Å². The van der Waals surface area contributed by atoms with Gasteiger partial charge in [-0.15, -0.1) is 0 Å². The van der Waals surface area contributed by atoms with Crippen molar-refractivity contribution in [3.05, 3.63) is 87.9 Å². The molecule has 1 heterocycles. The van der Waals surface area contributed by atoms with E-state index >= 15 is 0 Å². The molecule has 0 saturated heterocycles. The topological polar surface area (TPSA) is 49.9 Å². The van der Waals surface area contributed by atoms with E-state index < -0.39 is 0 Å². The van der Waals surface area contributed by atoms with Gasteiger partial charge in [-0.25, -0.2) is 0 Å². The lowest BCUT2D eigenvalue weighted by Gasteiger charge is -2.43. The number of halogens is 2. The minimum Gasteiger partial charge on any atom is -0.497 e. The number of carbonyl (C=O) groups is 2. The predicted molar refractivity (Wildman–Crippen MR) is 133 cm³/mol. The average Bonchev–Trinajstić information content (AvgIpc) is 2.80. The average molecular weight is 483 g/mol. The SMILES string of the molecule is COc1ccc(C(=O)N2c3ccc(Cl)cc3[C@H](N(C(C)=O)c3ccc(Cl)cc3)C[C@@H]2C)cc1. The third kappa shape index (κ3) is 4.56. The monoisotopic (exact) mass is 482 g/mol. The van der Waals surface area contributed by atoms with E-state index in [1.807, 2.05) is 31.2 Å². The molecule has 1 aliphatic heterocycles. The second kappa shape index (κ2) is 9.46. The fraction of sp³-hybridized carbons (Fsp3) is 0.231. The van der Waals surface area contributed by atoms with E-state index in [1.54, 1.807) is 66.3 Å². The van der Waals surface area contributed by atoms with Gasteiger partial charge in [-0.05, 0) is 80.1 Å². The van der Waals surface area contributed by atoms with Crippen LogP contribution in [0.25, 0.3) is 0 Å². The molecule has 0 saturated carbocycles. The zero-order valence-electron chi connectivity index (χ0n) is 18.6. The molecular weight excluding hydrogens is 459 g/mol. The first-order valence-electron chi connectivity index (χ1n) is 10.6.